The molecule has 0 radical (unpaired) electrons. The van der Waals surface area contributed by atoms with Gasteiger partial charge in [0.25, 0.3) is 5.91 Å². The highest BCUT2D eigenvalue weighted by atomic mass is 79.9. The first kappa shape index (κ1) is 17.6. The third-order valence-corrected chi connectivity index (χ3v) is 5.01. The van der Waals surface area contributed by atoms with E-state index in [0.29, 0.717) is 16.6 Å². The van der Waals surface area contributed by atoms with Gasteiger partial charge in [-0.15, -0.1) is 0 Å². The predicted octanol–water partition coefficient (Wildman–Crippen LogP) is 3.62. The van der Waals surface area contributed by atoms with Crippen molar-refractivity contribution in [2.45, 2.75) is 38.8 Å². The van der Waals surface area contributed by atoms with Crippen LogP contribution in [0.4, 0.5) is 5.82 Å². The van der Waals surface area contributed by atoms with Crippen molar-refractivity contribution >= 4 is 27.7 Å². The molecule has 132 valence electrons. The molecule has 1 aromatic carbocycles. The molecular formula is C17H19BrN4O3. The number of halogens is 1. The van der Waals surface area contributed by atoms with Crippen LogP contribution in [0.5, 0.6) is 0 Å². The van der Waals surface area contributed by atoms with Crippen molar-refractivity contribution in [1.29, 1.82) is 0 Å². The zero-order valence-corrected chi connectivity index (χ0v) is 15.5. The summed E-state index contributed by atoms with van der Waals surface area (Å²) in [7, 11) is 0. The molecule has 0 spiro atoms. The van der Waals surface area contributed by atoms with Crippen LogP contribution in [0.1, 0.15) is 42.1 Å². The quantitative estimate of drug-likeness (QED) is 0.573. The van der Waals surface area contributed by atoms with Crippen LogP contribution in [-0.2, 0) is 6.54 Å². The van der Waals surface area contributed by atoms with Gasteiger partial charge in [-0.2, -0.15) is 4.68 Å². The van der Waals surface area contributed by atoms with Crippen molar-refractivity contribution in [1.82, 2.24) is 14.7 Å². The van der Waals surface area contributed by atoms with Crippen molar-refractivity contribution in [3.05, 3.63) is 56.2 Å². The molecule has 0 N–H and O–H groups in total. The second-order valence-electron chi connectivity index (χ2n) is 6.30. The van der Waals surface area contributed by atoms with Crippen LogP contribution in [0.25, 0.3) is 0 Å². The average Bonchev–Trinajstić information content (AvgIpc) is 2.95. The molecule has 1 saturated heterocycles. The molecule has 25 heavy (non-hydrogen) atoms. The van der Waals surface area contributed by atoms with Crippen LogP contribution in [-0.4, -0.2) is 38.1 Å². The Morgan fingerprint density at radius 2 is 2.24 bits per heavy atom. The summed E-state index contributed by atoms with van der Waals surface area (Å²) < 4.78 is 1.84. The molecule has 3 rings (SSSR count). The van der Waals surface area contributed by atoms with E-state index in [1.165, 1.54) is 4.68 Å². The van der Waals surface area contributed by atoms with E-state index in [1.54, 1.807) is 6.20 Å². The van der Waals surface area contributed by atoms with Crippen molar-refractivity contribution in [2.75, 3.05) is 6.54 Å². The lowest BCUT2D eigenvalue weighted by Crippen LogP contribution is -2.42. The summed E-state index contributed by atoms with van der Waals surface area (Å²) in [5.41, 5.74) is 1.52. The number of aromatic nitrogens is 2. The molecule has 1 fully saturated rings. The van der Waals surface area contributed by atoms with E-state index < -0.39 is 4.92 Å². The molecule has 1 aliphatic rings. The number of hydrogen-bond donors (Lipinski definition) is 0. The van der Waals surface area contributed by atoms with Crippen LogP contribution in [0.3, 0.4) is 0 Å². The third-order valence-electron chi connectivity index (χ3n) is 4.45. The number of benzene rings is 1. The number of carbonyl (C=O) groups is 1. The number of likely N-dealkylation sites (tertiary alicyclic amines) is 1. The molecule has 8 heteroatoms. The highest BCUT2D eigenvalue weighted by Gasteiger charge is 2.24. The van der Waals surface area contributed by atoms with Crippen LogP contribution >= 0.6 is 15.9 Å². The predicted molar refractivity (Wildman–Crippen MR) is 96.5 cm³/mol. The summed E-state index contributed by atoms with van der Waals surface area (Å²) in [6.45, 7) is 3.24. The highest BCUT2D eigenvalue weighted by Crippen LogP contribution is 2.23. The van der Waals surface area contributed by atoms with Gasteiger partial charge in [-0.1, -0.05) is 12.1 Å². The molecule has 2 aromatic rings. The van der Waals surface area contributed by atoms with Gasteiger partial charge < -0.3 is 15.0 Å². The Kier molecular flexibility index (Phi) is 5.17. The van der Waals surface area contributed by atoms with Crippen LogP contribution in [0, 0.1) is 10.1 Å². The highest BCUT2D eigenvalue weighted by molar-refractivity contribution is 9.10. The first-order chi connectivity index (χ1) is 12.0. The van der Waals surface area contributed by atoms with Gasteiger partial charge in [-0.3, -0.25) is 4.79 Å². The summed E-state index contributed by atoms with van der Waals surface area (Å²) in [5, 5.41) is 14.8. The molecule has 1 aliphatic heterocycles. The number of amides is 1. The Morgan fingerprint density at radius 3 is 2.92 bits per heavy atom. The van der Waals surface area contributed by atoms with Crippen LogP contribution < -0.4 is 0 Å². The first-order valence-corrected chi connectivity index (χ1v) is 9.02. The molecular weight excluding hydrogens is 388 g/mol. The van der Waals surface area contributed by atoms with E-state index in [0.717, 1.165) is 31.4 Å². The van der Waals surface area contributed by atoms with Crippen molar-refractivity contribution < 1.29 is 9.72 Å². The smallest absolute Gasteiger partial charge is 0.358 e. The number of carbonyl (C=O) groups excluding carboxylic acids is 1. The molecule has 2 heterocycles. The topological polar surface area (TPSA) is 81.3 Å². The minimum atomic E-state index is -0.529. The van der Waals surface area contributed by atoms with Crippen molar-refractivity contribution in [2.24, 2.45) is 0 Å². The lowest BCUT2D eigenvalue weighted by molar-refractivity contribution is -0.390. The summed E-state index contributed by atoms with van der Waals surface area (Å²) in [6.07, 6.45) is 4.81. The fraction of sp³-hybridized carbons (Fsp3) is 0.412. The molecule has 7 nitrogen and oxygen atoms in total. The van der Waals surface area contributed by atoms with Gasteiger partial charge in [0.1, 0.15) is 4.47 Å². The van der Waals surface area contributed by atoms with Gasteiger partial charge >= 0.3 is 5.82 Å². The van der Waals surface area contributed by atoms with E-state index in [9.17, 15) is 14.9 Å². The molecule has 0 unspecified atom stereocenters. The first-order valence-electron chi connectivity index (χ1n) is 8.23. The van der Waals surface area contributed by atoms with Crippen molar-refractivity contribution in [3.8, 4) is 0 Å². The Labute approximate surface area is 153 Å². The molecule has 1 aromatic heterocycles. The lowest BCUT2D eigenvalue weighted by Gasteiger charge is -2.33. The van der Waals surface area contributed by atoms with Gasteiger partial charge in [-0.25, -0.2) is 0 Å². The fourth-order valence-corrected chi connectivity index (χ4v) is 3.61. The fourth-order valence-electron chi connectivity index (χ4n) is 3.15. The molecule has 0 saturated carbocycles. The number of piperidine rings is 1. The zero-order valence-electron chi connectivity index (χ0n) is 13.9. The number of rotatable bonds is 4. The standard InChI is InChI=1S/C17H19BrN4O3/c1-12-5-2-3-8-21(12)17(23)14-7-4-6-13(9-14)10-20-11-15(18)16(19-20)22(24)25/h4,6-7,9,11-12H,2-3,5,8,10H2,1H3/t12-/m1/s1. The maximum atomic E-state index is 12.8. The third kappa shape index (κ3) is 3.89. The summed E-state index contributed by atoms with van der Waals surface area (Å²) in [5.74, 6) is -0.170. The Hall–Kier alpha value is -2.22. The van der Waals surface area contributed by atoms with Gasteiger partial charge in [-0.05, 0) is 64.7 Å². The van der Waals surface area contributed by atoms with Gasteiger partial charge in [0.05, 0.1) is 17.8 Å². The Bertz CT molecular complexity index is 805. The van der Waals surface area contributed by atoms with Gasteiger partial charge in [0, 0.05) is 18.2 Å². The van der Waals surface area contributed by atoms with Crippen LogP contribution in [0.15, 0.2) is 34.9 Å². The minimum Gasteiger partial charge on any atom is -0.358 e. The molecule has 0 bridgehead atoms. The molecule has 0 aliphatic carbocycles. The Balaban J connectivity index is 1.78. The summed E-state index contributed by atoms with van der Waals surface area (Å²) in [4.78, 5) is 25.1. The van der Waals surface area contributed by atoms with Gasteiger partial charge in [0.15, 0.2) is 0 Å². The second kappa shape index (κ2) is 7.35. The SMILES string of the molecule is C[C@@H]1CCCCN1C(=O)c1cccc(Cn2cc(Br)c([N+](=O)[O-])n2)c1. The number of nitro groups is 1. The number of hydrogen-bond acceptors (Lipinski definition) is 4. The minimum absolute atomic E-state index is 0.0432. The van der Waals surface area contributed by atoms with E-state index in [2.05, 4.69) is 28.0 Å². The maximum Gasteiger partial charge on any atom is 0.404 e. The molecule has 1 amide bonds. The average molecular weight is 407 g/mol. The normalized spacial score (nSPS) is 17.5. The Morgan fingerprint density at radius 1 is 1.44 bits per heavy atom. The maximum absolute atomic E-state index is 12.8. The van der Waals surface area contributed by atoms with E-state index >= 15 is 0 Å². The van der Waals surface area contributed by atoms with E-state index in [4.69, 9.17) is 0 Å². The van der Waals surface area contributed by atoms with Crippen molar-refractivity contribution in [3.63, 3.8) is 0 Å². The monoisotopic (exact) mass is 406 g/mol. The summed E-state index contributed by atoms with van der Waals surface area (Å²) >= 11 is 3.14. The zero-order chi connectivity index (χ0) is 18.0. The summed E-state index contributed by atoms with van der Waals surface area (Å²) in [6, 6.07) is 7.64. The lowest BCUT2D eigenvalue weighted by atomic mass is 10.0. The van der Waals surface area contributed by atoms with E-state index in [1.807, 2.05) is 29.2 Å². The largest absolute Gasteiger partial charge is 0.404 e. The van der Waals surface area contributed by atoms with E-state index in [-0.39, 0.29) is 17.8 Å². The van der Waals surface area contributed by atoms with Crippen LogP contribution in [0.2, 0.25) is 0 Å². The number of nitrogens with zero attached hydrogens (tertiary/aromatic N) is 4. The molecule has 1 atom stereocenters. The second-order valence-corrected chi connectivity index (χ2v) is 7.15. The van der Waals surface area contributed by atoms with Gasteiger partial charge in [0.2, 0.25) is 0 Å².